The van der Waals surface area contributed by atoms with Gasteiger partial charge in [0.05, 0.1) is 24.0 Å². The number of imidazole rings is 1. The molecule has 1 N–H and O–H groups in total. The van der Waals surface area contributed by atoms with Crippen molar-refractivity contribution in [2.24, 2.45) is 5.92 Å². The fourth-order valence-electron chi connectivity index (χ4n) is 1.88. The molecule has 3 nitrogen and oxygen atoms in total. The molecule has 2 aromatic rings. The third-order valence-corrected chi connectivity index (χ3v) is 3.10. The van der Waals surface area contributed by atoms with Crippen LogP contribution in [0.15, 0.2) is 24.5 Å². The summed E-state index contributed by atoms with van der Waals surface area (Å²) in [6, 6.07) is 5.99. The summed E-state index contributed by atoms with van der Waals surface area (Å²) >= 11 is 0. The fraction of sp³-hybridized carbons (Fsp3) is 0.417. The van der Waals surface area contributed by atoms with Crippen molar-refractivity contribution >= 4 is 11.0 Å². The van der Waals surface area contributed by atoms with Crippen LogP contribution in [0.25, 0.3) is 11.0 Å². The van der Waals surface area contributed by atoms with E-state index in [-0.39, 0.29) is 0 Å². The van der Waals surface area contributed by atoms with E-state index >= 15 is 0 Å². The van der Waals surface area contributed by atoms with E-state index in [9.17, 15) is 0 Å². The predicted octanol–water partition coefficient (Wildman–Crippen LogP) is 2.74. The Morgan fingerprint density at radius 3 is 3.13 bits per heavy atom. The molecule has 1 heterocycles. The van der Waals surface area contributed by atoms with Crippen molar-refractivity contribution in [1.29, 1.82) is 0 Å². The number of hydrogen-bond donors (Lipinski definition) is 1. The number of ether oxygens (including phenoxy) is 1. The minimum absolute atomic E-state index is 0.780. The lowest BCUT2D eigenvalue weighted by Crippen LogP contribution is -2.19. The first-order valence-electron chi connectivity index (χ1n) is 5.48. The Kier molecular flexibility index (Phi) is 2.09. The maximum absolute atomic E-state index is 5.74. The van der Waals surface area contributed by atoms with Crippen LogP contribution in [0.3, 0.4) is 0 Å². The molecule has 78 valence electrons. The molecule has 3 rings (SSSR count). The van der Waals surface area contributed by atoms with E-state index in [0.29, 0.717) is 0 Å². The zero-order valence-corrected chi connectivity index (χ0v) is 8.57. The van der Waals surface area contributed by atoms with Gasteiger partial charge in [0, 0.05) is 6.07 Å². The van der Waals surface area contributed by atoms with Gasteiger partial charge in [-0.25, -0.2) is 4.98 Å². The van der Waals surface area contributed by atoms with Crippen molar-refractivity contribution in [1.82, 2.24) is 9.97 Å². The van der Waals surface area contributed by atoms with Crippen LogP contribution in [-0.4, -0.2) is 16.6 Å². The van der Waals surface area contributed by atoms with Crippen molar-refractivity contribution in [3.8, 4) is 5.75 Å². The van der Waals surface area contributed by atoms with Gasteiger partial charge in [0.15, 0.2) is 0 Å². The first-order valence-corrected chi connectivity index (χ1v) is 5.48. The van der Waals surface area contributed by atoms with Gasteiger partial charge in [-0.1, -0.05) is 6.42 Å². The normalized spacial score (nSPS) is 16.5. The van der Waals surface area contributed by atoms with E-state index in [1.165, 1.54) is 19.3 Å². The second-order valence-electron chi connectivity index (χ2n) is 4.19. The third kappa shape index (κ3) is 1.69. The molecule has 1 aromatic heterocycles. The summed E-state index contributed by atoms with van der Waals surface area (Å²) in [5.74, 6) is 1.72. The molecular formula is C12H14N2O. The van der Waals surface area contributed by atoms with Gasteiger partial charge in [0.1, 0.15) is 5.75 Å². The molecule has 1 aliphatic carbocycles. The van der Waals surface area contributed by atoms with E-state index < -0.39 is 0 Å². The number of benzene rings is 1. The Bertz CT molecular complexity index is 459. The molecule has 0 bridgehead atoms. The van der Waals surface area contributed by atoms with Gasteiger partial charge < -0.3 is 9.72 Å². The number of aromatic nitrogens is 2. The number of H-pyrrole nitrogens is 1. The second kappa shape index (κ2) is 3.57. The molecule has 1 aliphatic rings. The van der Waals surface area contributed by atoms with Gasteiger partial charge in [-0.3, -0.25) is 0 Å². The van der Waals surface area contributed by atoms with E-state index in [0.717, 1.165) is 29.3 Å². The van der Waals surface area contributed by atoms with Crippen LogP contribution < -0.4 is 4.74 Å². The minimum Gasteiger partial charge on any atom is -0.493 e. The summed E-state index contributed by atoms with van der Waals surface area (Å²) in [6.45, 7) is 0.861. The predicted molar refractivity (Wildman–Crippen MR) is 58.9 cm³/mol. The topological polar surface area (TPSA) is 37.9 Å². The molecule has 0 atom stereocenters. The van der Waals surface area contributed by atoms with Gasteiger partial charge in [-0.2, -0.15) is 0 Å². The van der Waals surface area contributed by atoms with Crippen molar-refractivity contribution in [2.75, 3.05) is 6.61 Å². The monoisotopic (exact) mass is 202 g/mol. The second-order valence-corrected chi connectivity index (χ2v) is 4.19. The molecule has 0 unspecified atom stereocenters. The zero-order valence-electron chi connectivity index (χ0n) is 8.57. The average molecular weight is 202 g/mol. The Labute approximate surface area is 88.5 Å². The zero-order chi connectivity index (χ0) is 10.1. The Balaban J connectivity index is 1.72. The highest BCUT2D eigenvalue weighted by atomic mass is 16.5. The van der Waals surface area contributed by atoms with Crippen LogP contribution in [0.1, 0.15) is 19.3 Å². The lowest BCUT2D eigenvalue weighted by Gasteiger charge is -2.25. The highest BCUT2D eigenvalue weighted by Crippen LogP contribution is 2.27. The molecule has 1 fully saturated rings. The fourth-order valence-corrected chi connectivity index (χ4v) is 1.88. The van der Waals surface area contributed by atoms with E-state index in [2.05, 4.69) is 9.97 Å². The number of nitrogens with zero attached hydrogens (tertiary/aromatic N) is 1. The Hall–Kier alpha value is -1.51. The number of rotatable bonds is 3. The number of hydrogen-bond acceptors (Lipinski definition) is 2. The standard InChI is InChI=1S/C12H14N2O/c1-2-9(3-1)7-15-10-4-5-11-12(6-10)14-8-13-11/h4-6,8-9H,1-3,7H2,(H,13,14). The maximum atomic E-state index is 5.74. The van der Waals surface area contributed by atoms with E-state index in [4.69, 9.17) is 4.74 Å². The van der Waals surface area contributed by atoms with Crippen molar-refractivity contribution in [2.45, 2.75) is 19.3 Å². The highest BCUT2D eigenvalue weighted by Gasteiger charge is 2.17. The summed E-state index contributed by atoms with van der Waals surface area (Å²) in [7, 11) is 0. The van der Waals surface area contributed by atoms with Crippen LogP contribution in [0, 0.1) is 5.92 Å². The smallest absolute Gasteiger partial charge is 0.121 e. The number of aromatic amines is 1. The SMILES string of the molecule is c1nc2ccc(OCC3CCC3)cc2[nH]1. The maximum Gasteiger partial charge on any atom is 0.121 e. The molecule has 3 heteroatoms. The van der Waals surface area contributed by atoms with Crippen LogP contribution in [0.2, 0.25) is 0 Å². The molecule has 0 aliphatic heterocycles. The van der Waals surface area contributed by atoms with Crippen molar-refractivity contribution < 1.29 is 4.74 Å². The summed E-state index contributed by atoms with van der Waals surface area (Å²) in [5, 5.41) is 0. The number of nitrogens with one attached hydrogen (secondary N) is 1. The lowest BCUT2D eigenvalue weighted by atomic mass is 9.86. The van der Waals surface area contributed by atoms with Gasteiger partial charge in [-0.15, -0.1) is 0 Å². The molecule has 1 saturated carbocycles. The van der Waals surface area contributed by atoms with Crippen molar-refractivity contribution in [3.05, 3.63) is 24.5 Å². The highest BCUT2D eigenvalue weighted by molar-refractivity contribution is 5.75. The molecule has 15 heavy (non-hydrogen) atoms. The molecule has 0 spiro atoms. The van der Waals surface area contributed by atoms with Crippen LogP contribution in [0.4, 0.5) is 0 Å². The van der Waals surface area contributed by atoms with Gasteiger partial charge in [0.25, 0.3) is 0 Å². The van der Waals surface area contributed by atoms with Gasteiger partial charge >= 0.3 is 0 Å². The average Bonchev–Trinajstić information content (AvgIpc) is 2.62. The lowest BCUT2D eigenvalue weighted by molar-refractivity contribution is 0.181. The molecule has 1 aromatic carbocycles. The Morgan fingerprint density at radius 2 is 2.33 bits per heavy atom. The van der Waals surface area contributed by atoms with E-state index in [1.807, 2.05) is 18.2 Å². The molecular weight excluding hydrogens is 188 g/mol. The van der Waals surface area contributed by atoms with Gasteiger partial charge in [0.2, 0.25) is 0 Å². The molecule has 0 saturated heterocycles. The minimum atomic E-state index is 0.780. The van der Waals surface area contributed by atoms with Gasteiger partial charge in [-0.05, 0) is 30.9 Å². The Morgan fingerprint density at radius 1 is 1.40 bits per heavy atom. The summed E-state index contributed by atoms with van der Waals surface area (Å²) in [5.41, 5.74) is 2.03. The van der Waals surface area contributed by atoms with E-state index in [1.54, 1.807) is 6.33 Å². The molecule has 0 amide bonds. The number of fused-ring (bicyclic) bond motifs is 1. The largest absolute Gasteiger partial charge is 0.493 e. The summed E-state index contributed by atoms with van der Waals surface area (Å²) in [6.07, 6.45) is 5.73. The molecule has 0 radical (unpaired) electrons. The summed E-state index contributed by atoms with van der Waals surface area (Å²) in [4.78, 5) is 7.26. The first kappa shape index (κ1) is 8.77. The van der Waals surface area contributed by atoms with Crippen LogP contribution >= 0.6 is 0 Å². The summed E-state index contributed by atoms with van der Waals surface area (Å²) < 4.78 is 5.74. The van der Waals surface area contributed by atoms with Crippen molar-refractivity contribution in [3.63, 3.8) is 0 Å². The van der Waals surface area contributed by atoms with Crippen LogP contribution in [0.5, 0.6) is 5.75 Å². The van der Waals surface area contributed by atoms with Crippen LogP contribution in [-0.2, 0) is 0 Å². The third-order valence-electron chi connectivity index (χ3n) is 3.10. The first-order chi connectivity index (χ1) is 7.42. The quantitative estimate of drug-likeness (QED) is 0.831.